The highest BCUT2D eigenvalue weighted by Crippen LogP contribution is 2.34. The Bertz CT molecular complexity index is 1580. The molecule has 0 unspecified atom stereocenters. The highest BCUT2D eigenvalue weighted by molar-refractivity contribution is 6.30. The fraction of sp³-hybridized carbons (Fsp3) is 0.241. The van der Waals surface area contributed by atoms with E-state index in [1.165, 1.54) is 18.2 Å². The summed E-state index contributed by atoms with van der Waals surface area (Å²) >= 11 is 5.98. The van der Waals surface area contributed by atoms with E-state index in [4.69, 9.17) is 21.2 Å². The molecule has 40 heavy (non-hydrogen) atoms. The molecule has 1 saturated heterocycles. The number of hydrogen-bond donors (Lipinski definition) is 1. The van der Waals surface area contributed by atoms with Crippen LogP contribution < -0.4 is 10.2 Å². The van der Waals surface area contributed by atoms with Gasteiger partial charge in [-0.15, -0.1) is 13.2 Å². The van der Waals surface area contributed by atoms with E-state index < -0.39 is 12.0 Å². The van der Waals surface area contributed by atoms with Gasteiger partial charge in [-0.25, -0.2) is 10.3 Å². The lowest BCUT2D eigenvalue weighted by Gasteiger charge is -2.32. The zero-order valence-corrected chi connectivity index (χ0v) is 22.2. The van der Waals surface area contributed by atoms with Crippen LogP contribution in [-0.4, -0.2) is 35.0 Å². The van der Waals surface area contributed by atoms with Gasteiger partial charge in [0.1, 0.15) is 5.75 Å². The fourth-order valence-corrected chi connectivity index (χ4v) is 4.91. The maximum Gasteiger partial charge on any atom is 0.573 e. The number of nitrogens with zero attached hydrogens (tertiary/aromatic N) is 1. The van der Waals surface area contributed by atoms with Gasteiger partial charge in [0.25, 0.3) is 5.91 Å². The second-order valence-electron chi connectivity index (χ2n) is 9.67. The molecule has 1 aromatic heterocycles. The molecule has 0 saturated carbocycles. The van der Waals surface area contributed by atoms with Gasteiger partial charge < -0.3 is 14.0 Å². The van der Waals surface area contributed by atoms with Crippen molar-refractivity contribution in [1.82, 2.24) is 10.0 Å². The van der Waals surface area contributed by atoms with Gasteiger partial charge in [-0.3, -0.25) is 9.59 Å². The van der Waals surface area contributed by atoms with E-state index >= 15 is 0 Å². The number of carbonyl (C=O) groups is 2. The summed E-state index contributed by atoms with van der Waals surface area (Å²) < 4.78 is 50.4. The van der Waals surface area contributed by atoms with E-state index in [2.05, 4.69) is 10.2 Å². The molecule has 7 nitrogen and oxygen atoms in total. The van der Waals surface area contributed by atoms with Gasteiger partial charge >= 0.3 is 6.36 Å². The van der Waals surface area contributed by atoms with Crippen molar-refractivity contribution in [2.45, 2.75) is 38.8 Å². The van der Waals surface area contributed by atoms with Crippen LogP contribution >= 0.6 is 11.6 Å². The van der Waals surface area contributed by atoms with Crippen molar-refractivity contribution in [3.05, 3.63) is 99.7 Å². The van der Waals surface area contributed by atoms with E-state index in [1.54, 1.807) is 42.7 Å². The molecule has 208 valence electrons. The number of alkyl halides is 3. The number of hydrogen-bond acceptors (Lipinski definition) is 5. The van der Waals surface area contributed by atoms with E-state index in [9.17, 15) is 22.8 Å². The Kier molecular flexibility index (Phi) is 7.34. The number of halogens is 4. The number of ketones is 1. The topological polar surface area (TPSA) is 78.8 Å². The van der Waals surface area contributed by atoms with Gasteiger partial charge in [0.15, 0.2) is 18.2 Å². The third kappa shape index (κ3) is 5.70. The fourth-order valence-electron chi connectivity index (χ4n) is 4.78. The number of nitrogens with one attached hydrogen (secondary N) is 1. The number of hydroxylamine groups is 1. The second kappa shape index (κ2) is 10.6. The van der Waals surface area contributed by atoms with Gasteiger partial charge in [-0.1, -0.05) is 35.9 Å². The van der Waals surface area contributed by atoms with Crippen LogP contribution in [0.25, 0.3) is 10.9 Å². The van der Waals surface area contributed by atoms with Crippen molar-refractivity contribution in [1.29, 1.82) is 0 Å². The Hall–Kier alpha value is -3.86. The van der Waals surface area contributed by atoms with Crippen molar-refractivity contribution in [2.75, 3.05) is 6.79 Å². The number of amides is 1. The summed E-state index contributed by atoms with van der Waals surface area (Å²) in [5.41, 5.74) is 4.70. The number of rotatable bonds is 7. The van der Waals surface area contributed by atoms with E-state index in [1.807, 2.05) is 24.3 Å². The Balaban J connectivity index is 1.51. The molecule has 1 aliphatic rings. The predicted molar refractivity (Wildman–Crippen MR) is 141 cm³/mol. The molecule has 1 N–H and O–H groups in total. The Morgan fingerprint density at radius 3 is 2.40 bits per heavy atom. The van der Waals surface area contributed by atoms with E-state index in [0.29, 0.717) is 39.2 Å². The van der Waals surface area contributed by atoms with Crippen LogP contribution in [0.5, 0.6) is 5.75 Å². The standard InChI is InChI=1S/C29H24ClF3N2O5/c1-17-25(26(36)20-7-9-21(30)10-8-20)23-12-11-22(40-29(31,32)33)13-24(23)35(17)15-19-5-3-18(4-6-19)14-28(2)27(37)34-39-16-38-28/h3-13H,14-16H2,1-2H3,(H,34,37)/t28-/m1/s1. The van der Waals surface area contributed by atoms with Crippen LogP contribution in [0.1, 0.15) is 39.7 Å². The zero-order valence-electron chi connectivity index (χ0n) is 21.5. The summed E-state index contributed by atoms with van der Waals surface area (Å²) in [7, 11) is 0. The number of fused-ring (bicyclic) bond motifs is 1. The van der Waals surface area contributed by atoms with Gasteiger partial charge in [0, 0.05) is 40.7 Å². The first kappa shape index (κ1) is 27.7. The third-order valence-corrected chi connectivity index (χ3v) is 7.10. The van der Waals surface area contributed by atoms with Crippen LogP contribution in [0.3, 0.4) is 0 Å². The zero-order chi connectivity index (χ0) is 28.7. The summed E-state index contributed by atoms with van der Waals surface area (Å²) in [6.07, 6.45) is -4.55. The summed E-state index contributed by atoms with van der Waals surface area (Å²) in [4.78, 5) is 30.6. The van der Waals surface area contributed by atoms with Crippen molar-refractivity contribution < 1.29 is 37.1 Å². The minimum atomic E-state index is -4.86. The molecule has 5 rings (SSSR count). The quantitative estimate of drug-likeness (QED) is 0.270. The Morgan fingerprint density at radius 2 is 1.75 bits per heavy atom. The van der Waals surface area contributed by atoms with Crippen LogP contribution in [0.2, 0.25) is 5.02 Å². The summed E-state index contributed by atoms with van der Waals surface area (Å²) in [6.45, 7) is 3.64. The van der Waals surface area contributed by atoms with Crippen molar-refractivity contribution in [2.24, 2.45) is 0 Å². The smallest absolute Gasteiger partial charge is 0.406 e. The first-order chi connectivity index (χ1) is 18.9. The Labute approximate surface area is 232 Å². The van der Waals surface area contributed by atoms with Gasteiger partial charge in [-0.05, 0) is 61.4 Å². The van der Waals surface area contributed by atoms with E-state index in [0.717, 1.165) is 11.1 Å². The normalized spacial score (nSPS) is 17.6. The number of ether oxygens (including phenoxy) is 2. The average Bonchev–Trinajstić information content (AvgIpc) is 3.16. The lowest BCUT2D eigenvalue weighted by Crippen LogP contribution is -2.53. The lowest BCUT2D eigenvalue weighted by atomic mass is 9.94. The highest BCUT2D eigenvalue weighted by atomic mass is 35.5. The summed E-state index contributed by atoms with van der Waals surface area (Å²) in [5.74, 6) is -1.05. The number of benzene rings is 3. The minimum Gasteiger partial charge on any atom is -0.406 e. The summed E-state index contributed by atoms with van der Waals surface area (Å²) in [6, 6.07) is 17.8. The molecule has 11 heteroatoms. The molecular formula is C29H24ClF3N2O5. The predicted octanol–water partition coefficient (Wildman–Crippen LogP) is 6.12. The maximum atomic E-state index is 13.5. The van der Waals surface area contributed by atoms with Crippen molar-refractivity contribution >= 4 is 34.2 Å². The minimum absolute atomic E-state index is 0.0581. The molecule has 0 aliphatic carbocycles. The highest BCUT2D eigenvalue weighted by Gasteiger charge is 2.38. The monoisotopic (exact) mass is 572 g/mol. The molecule has 0 bridgehead atoms. The average molecular weight is 573 g/mol. The van der Waals surface area contributed by atoms with Crippen molar-refractivity contribution in [3.63, 3.8) is 0 Å². The molecule has 1 aliphatic heterocycles. The number of carbonyl (C=O) groups excluding carboxylic acids is 2. The molecule has 2 heterocycles. The van der Waals surface area contributed by atoms with E-state index in [-0.39, 0.29) is 30.8 Å². The molecule has 3 aromatic carbocycles. The largest absolute Gasteiger partial charge is 0.573 e. The van der Waals surface area contributed by atoms with Crippen molar-refractivity contribution in [3.8, 4) is 5.75 Å². The third-order valence-electron chi connectivity index (χ3n) is 6.85. The van der Waals surface area contributed by atoms with Gasteiger partial charge in [-0.2, -0.15) is 0 Å². The Morgan fingerprint density at radius 1 is 1.07 bits per heavy atom. The van der Waals surface area contributed by atoms with Crippen LogP contribution in [0, 0.1) is 6.92 Å². The first-order valence-corrected chi connectivity index (χ1v) is 12.6. The van der Waals surface area contributed by atoms with Gasteiger partial charge in [0.2, 0.25) is 0 Å². The maximum absolute atomic E-state index is 13.5. The molecule has 1 fully saturated rings. The molecule has 1 atom stereocenters. The van der Waals surface area contributed by atoms with Gasteiger partial charge in [0.05, 0.1) is 11.1 Å². The van der Waals surface area contributed by atoms with Crippen LogP contribution in [-0.2, 0) is 27.3 Å². The second-order valence-corrected chi connectivity index (χ2v) is 10.1. The molecule has 1 amide bonds. The molecular weight excluding hydrogens is 549 g/mol. The van der Waals surface area contributed by atoms with Crippen LogP contribution in [0.15, 0.2) is 66.7 Å². The lowest BCUT2D eigenvalue weighted by molar-refractivity contribution is -0.274. The number of aromatic nitrogens is 1. The SMILES string of the molecule is Cc1c(C(=O)c2ccc(Cl)cc2)c2ccc(OC(F)(F)F)cc2n1Cc1ccc(C[C@@]2(C)OCONC2=O)cc1. The van der Waals surface area contributed by atoms with Crippen LogP contribution in [0.4, 0.5) is 13.2 Å². The first-order valence-electron chi connectivity index (χ1n) is 12.3. The summed E-state index contributed by atoms with van der Waals surface area (Å²) in [5, 5.41) is 0.977. The molecule has 0 radical (unpaired) electrons. The molecule has 4 aromatic rings. The molecule has 0 spiro atoms.